The molecule has 1 heterocycles. The normalized spacial score (nSPS) is 14.3. The van der Waals surface area contributed by atoms with Gasteiger partial charge in [-0.25, -0.2) is 8.78 Å². The molecule has 5 heteroatoms. The van der Waals surface area contributed by atoms with E-state index >= 15 is 0 Å². The summed E-state index contributed by atoms with van der Waals surface area (Å²) in [4.78, 5) is 0. The Hall–Kier alpha value is -2.14. The number of halogens is 2. The highest BCUT2D eigenvalue weighted by molar-refractivity contribution is 5.45. The molecule has 0 aliphatic carbocycles. The third kappa shape index (κ3) is 2.32. The molecule has 3 rings (SSSR count). The van der Waals surface area contributed by atoms with E-state index in [9.17, 15) is 13.9 Å². The standard InChI is InChI=1S/C15H12F2O3/c16-11-2-1-3-12(17)10(11)7-13(18)9-4-5-14-15(6-9)20-8-19-14/h1-6,13,18H,7-8H2. The molecule has 1 atom stereocenters. The van der Waals surface area contributed by atoms with Crippen molar-refractivity contribution in [2.75, 3.05) is 6.79 Å². The smallest absolute Gasteiger partial charge is 0.231 e. The van der Waals surface area contributed by atoms with Crippen LogP contribution in [0.2, 0.25) is 0 Å². The first-order chi connectivity index (χ1) is 9.65. The van der Waals surface area contributed by atoms with Crippen molar-refractivity contribution in [2.24, 2.45) is 0 Å². The number of benzene rings is 2. The highest BCUT2D eigenvalue weighted by atomic mass is 19.1. The number of ether oxygens (including phenoxy) is 2. The van der Waals surface area contributed by atoms with Crippen LogP contribution in [0.25, 0.3) is 0 Å². The Morgan fingerprint density at radius 2 is 1.75 bits per heavy atom. The summed E-state index contributed by atoms with van der Waals surface area (Å²) in [7, 11) is 0. The summed E-state index contributed by atoms with van der Waals surface area (Å²) in [5, 5.41) is 10.1. The first-order valence-electron chi connectivity index (χ1n) is 6.15. The van der Waals surface area contributed by atoms with Crippen LogP contribution in [0.5, 0.6) is 11.5 Å². The summed E-state index contributed by atoms with van der Waals surface area (Å²) >= 11 is 0. The lowest BCUT2D eigenvalue weighted by Crippen LogP contribution is -2.05. The Labute approximate surface area is 114 Å². The van der Waals surface area contributed by atoms with Crippen molar-refractivity contribution in [3.05, 3.63) is 59.2 Å². The zero-order valence-corrected chi connectivity index (χ0v) is 10.5. The zero-order chi connectivity index (χ0) is 14.1. The van der Waals surface area contributed by atoms with Crippen LogP contribution in [0.1, 0.15) is 17.2 Å². The average Bonchev–Trinajstić information content (AvgIpc) is 2.90. The molecule has 1 aliphatic heterocycles. The molecule has 2 aromatic carbocycles. The van der Waals surface area contributed by atoms with Crippen molar-refractivity contribution in [1.82, 2.24) is 0 Å². The SMILES string of the molecule is OC(Cc1c(F)cccc1F)c1ccc2c(c1)OCO2. The van der Waals surface area contributed by atoms with Crippen LogP contribution in [0, 0.1) is 11.6 Å². The van der Waals surface area contributed by atoms with Gasteiger partial charge >= 0.3 is 0 Å². The maximum absolute atomic E-state index is 13.6. The molecular weight excluding hydrogens is 266 g/mol. The fourth-order valence-electron chi connectivity index (χ4n) is 2.16. The Bertz CT molecular complexity index is 623. The van der Waals surface area contributed by atoms with E-state index in [-0.39, 0.29) is 18.8 Å². The van der Waals surface area contributed by atoms with E-state index in [1.807, 2.05) is 0 Å². The fourth-order valence-corrected chi connectivity index (χ4v) is 2.16. The summed E-state index contributed by atoms with van der Waals surface area (Å²) in [6, 6.07) is 8.57. The summed E-state index contributed by atoms with van der Waals surface area (Å²) in [6.45, 7) is 0.136. The van der Waals surface area contributed by atoms with Gasteiger partial charge in [0.1, 0.15) is 11.6 Å². The summed E-state index contributed by atoms with van der Waals surface area (Å²) in [6.07, 6.45) is -1.16. The first kappa shape index (κ1) is 12.9. The van der Waals surface area contributed by atoms with Gasteiger partial charge < -0.3 is 14.6 Å². The quantitative estimate of drug-likeness (QED) is 0.938. The van der Waals surface area contributed by atoms with Gasteiger partial charge in [0.15, 0.2) is 11.5 Å². The minimum absolute atomic E-state index is 0.127. The molecule has 0 aromatic heterocycles. The number of aliphatic hydroxyl groups is 1. The van der Waals surface area contributed by atoms with Gasteiger partial charge in [-0.3, -0.25) is 0 Å². The van der Waals surface area contributed by atoms with Gasteiger partial charge in [0, 0.05) is 12.0 Å². The zero-order valence-electron chi connectivity index (χ0n) is 10.5. The van der Waals surface area contributed by atoms with Gasteiger partial charge in [-0.1, -0.05) is 12.1 Å². The topological polar surface area (TPSA) is 38.7 Å². The van der Waals surface area contributed by atoms with E-state index in [4.69, 9.17) is 9.47 Å². The molecule has 0 saturated heterocycles. The summed E-state index contributed by atoms with van der Waals surface area (Å²) < 4.78 is 37.5. The lowest BCUT2D eigenvalue weighted by molar-refractivity contribution is 0.170. The second-order valence-corrected chi connectivity index (χ2v) is 4.53. The van der Waals surface area contributed by atoms with Crippen LogP contribution in [0.15, 0.2) is 36.4 Å². The molecule has 0 spiro atoms. The van der Waals surface area contributed by atoms with Gasteiger partial charge in [-0.05, 0) is 29.8 Å². The van der Waals surface area contributed by atoms with Gasteiger partial charge in [0.05, 0.1) is 6.10 Å². The lowest BCUT2D eigenvalue weighted by Gasteiger charge is -2.13. The second kappa shape index (κ2) is 5.09. The number of hydrogen-bond acceptors (Lipinski definition) is 3. The monoisotopic (exact) mass is 278 g/mol. The fraction of sp³-hybridized carbons (Fsp3) is 0.200. The molecule has 0 fully saturated rings. The molecule has 1 aliphatic rings. The van der Waals surface area contributed by atoms with E-state index in [1.165, 1.54) is 18.2 Å². The Balaban J connectivity index is 1.84. The molecule has 0 saturated carbocycles. The highest BCUT2D eigenvalue weighted by Gasteiger charge is 2.19. The predicted molar refractivity (Wildman–Crippen MR) is 67.6 cm³/mol. The van der Waals surface area contributed by atoms with Crippen molar-refractivity contribution in [3.63, 3.8) is 0 Å². The van der Waals surface area contributed by atoms with Crippen molar-refractivity contribution >= 4 is 0 Å². The third-order valence-electron chi connectivity index (χ3n) is 3.24. The Morgan fingerprint density at radius 1 is 1.05 bits per heavy atom. The highest BCUT2D eigenvalue weighted by Crippen LogP contribution is 2.35. The van der Waals surface area contributed by atoms with Crippen LogP contribution in [-0.4, -0.2) is 11.9 Å². The van der Waals surface area contributed by atoms with E-state index < -0.39 is 17.7 Å². The van der Waals surface area contributed by atoms with Crippen molar-refractivity contribution in [3.8, 4) is 11.5 Å². The van der Waals surface area contributed by atoms with Gasteiger partial charge in [0.2, 0.25) is 6.79 Å². The van der Waals surface area contributed by atoms with E-state index in [2.05, 4.69) is 0 Å². The summed E-state index contributed by atoms with van der Waals surface area (Å²) in [5.74, 6) is -0.205. The summed E-state index contributed by atoms with van der Waals surface area (Å²) in [5.41, 5.74) is 0.398. The molecule has 3 nitrogen and oxygen atoms in total. The number of rotatable bonds is 3. The Morgan fingerprint density at radius 3 is 2.50 bits per heavy atom. The van der Waals surface area contributed by atoms with Crippen LogP contribution in [0.3, 0.4) is 0 Å². The van der Waals surface area contributed by atoms with E-state index in [0.717, 1.165) is 0 Å². The molecular formula is C15H12F2O3. The van der Waals surface area contributed by atoms with Crippen LogP contribution >= 0.6 is 0 Å². The molecule has 2 aromatic rings. The first-order valence-corrected chi connectivity index (χ1v) is 6.15. The maximum atomic E-state index is 13.6. The Kier molecular flexibility index (Phi) is 3.28. The molecule has 1 N–H and O–H groups in total. The molecule has 0 bridgehead atoms. The second-order valence-electron chi connectivity index (χ2n) is 4.53. The number of hydrogen-bond donors (Lipinski definition) is 1. The number of aliphatic hydroxyl groups excluding tert-OH is 1. The van der Waals surface area contributed by atoms with Crippen molar-refractivity contribution in [1.29, 1.82) is 0 Å². The average molecular weight is 278 g/mol. The van der Waals surface area contributed by atoms with E-state index in [1.54, 1.807) is 18.2 Å². The third-order valence-corrected chi connectivity index (χ3v) is 3.24. The van der Waals surface area contributed by atoms with Crippen LogP contribution in [-0.2, 0) is 6.42 Å². The maximum Gasteiger partial charge on any atom is 0.231 e. The largest absolute Gasteiger partial charge is 0.454 e. The minimum Gasteiger partial charge on any atom is -0.454 e. The molecule has 0 radical (unpaired) electrons. The molecule has 20 heavy (non-hydrogen) atoms. The molecule has 0 amide bonds. The predicted octanol–water partition coefficient (Wildman–Crippen LogP) is 2.97. The molecule has 104 valence electrons. The van der Waals surface area contributed by atoms with Crippen LogP contribution < -0.4 is 9.47 Å². The van der Waals surface area contributed by atoms with Gasteiger partial charge in [-0.15, -0.1) is 0 Å². The minimum atomic E-state index is -1.02. The van der Waals surface area contributed by atoms with Gasteiger partial charge in [0.25, 0.3) is 0 Å². The molecule has 1 unspecified atom stereocenters. The van der Waals surface area contributed by atoms with E-state index in [0.29, 0.717) is 17.1 Å². The van der Waals surface area contributed by atoms with Crippen molar-refractivity contribution in [2.45, 2.75) is 12.5 Å². The lowest BCUT2D eigenvalue weighted by atomic mass is 10.0. The van der Waals surface area contributed by atoms with Gasteiger partial charge in [-0.2, -0.15) is 0 Å². The van der Waals surface area contributed by atoms with Crippen LogP contribution in [0.4, 0.5) is 8.78 Å². The van der Waals surface area contributed by atoms with Crippen molar-refractivity contribution < 1.29 is 23.4 Å². The number of fused-ring (bicyclic) bond motifs is 1.